The van der Waals surface area contributed by atoms with Gasteiger partial charge in [0, 0.05) is 11.1 Å². The van der Waals surface area contributed by atoms with Gasteiger partial charge in [0.25, 0.3) is 0 Å². The van der Waals surface area contributed by atoms with Gasteiger partial charge in [-0.3, -0.25) is 0 Å². The lowest BCUT2D eigenvalue weighted by atomic mass is 10.1. The van der Waals surface area contributed by atoms with Gasteiger partial charge < -0.3 is 0 Å². The van der Waals surface area contributed by atoms with Crippen LogP contribution in [0.4, 0.5) is 0 Å². The third-order valence-electron chi connectivity index (χ3n) is 1.53. The molecule has 5 heteroatoms. The van der Waals surface area contributed by atoms with E-state index in [1.54, 1.807) is 0 Å². The predicted molar refractivity (Wildman–Crippen MR) is 53.0 cm³/mol. The summed E-state index contributed by atoms with van der Waals surface area (Å²) in [4.78, 5) is 0. The average Bonchev–Trinajstić information content (AvgIpc) is 2.33. The summed E-state index contributed by atoms with van der Waals surface area (Å²) in [6.45, 7) is 0. The average molecular weight is 231 g/mol. The summed E-state index contributed by atoms with van der Waals surface area (Å²) in [5.41, 5.74) is 1.39. The van der Waals surface area contributed by atoms with Gasteiger partial charge in [-0.2, -0.15) is 10.5 Å². The van der Waals surface area contributed by atoms with Crippen LogP contribution in [0.5, 0.6) is 0 Å². The Morgan fingerprint density at radius 2 is 1.38 bits per heavy atom. The second kappa shape index (κ2) is 4.48. The molecular formula is C8H4Cl2N2S. The zero-order chi connectivity index (χ0) is 9.84. The molecule has 0 aliphatic heterocycles. The molecule has 0 aliphatic rings. The lowest BCUT2D eigenvalue weighted by Crippen LogP contribution is -1.87. The quantitative estimate of drug-likeness (QED) is 0.784. The molecule has 66 valence electrons. The molecule has 0 N–H and O–H groups in total. The highest BCUT2D eigenvalue weighted by Gasteiger charge is 2.14. The summed E-state index contributed by atoms with van der Waals surface area (Å²) >= 11 is 12.9. The van der Waals surface area contributed by atoms with Crippen molar-refractivity contribution in [3.05, 3.63) is 19.8 Å². The summed E-state index contributed by atoms with van der Waals surface area (Å²) in [6.07, 6.45) is 0.415. The van der Waals surface area contributed by atoms with E-state index in [9.17, 15) is 0 Å². The third-order valence-corrected chi connectivity index (χ3v) is 3.30. The zero-order valence-electron chi connectivity index (χ0n) is 6.47. The van der Waals surface area contributed by atoms with Crippen LogP contribution in [0, 0.1) is 22.7 Å². The van der Waals surface area contributed by atoms with Crippen molar-refractivity contribution in [3.63, 3.8) is 0 Å². The second-order valence-corrected chi connectivity index (χ2v) is 4.50. The summed E-state index contributed by atoms with van der Waals surface area (Å²) in [5, 5.41) is 17.0. The second-order valence-electron chi connectivity index (χ2n) is 2.28. The van der Waals surface area contributed by atoms with Gasteiger partial charge in [0.2, 0.25) is 0 Å². The number of halogens is 2. The molecule has 1 aromatic rings. The van der Waals surface area contributed by atoms with Crippen LogP contribution in [-0.2, 0) is 12.8 Å². The predicted octanol–water partition coefficient (Wildman–Crippen LogP) is 3.19. The summed E-state index contributed by atoms with van der Waals surface area (Å²) in [6, 6.07) is 3.98. The van der Waals surface area contributed by atoms with Gasteiger partial charge in [-0.25, -0.2) is 0 Å². The van der Waals surface area contributed by atoms with Crippen molar-refractivity contribution in [2.75, 3.05) is 0 Å². The number of nitriles is 2. The third kappa shape index (κ3) is 2.14. The highest BCUT2D eigenvalue weighted by molar-refractivity contribution is 7.20. The van der Waals surface area contributed by atoms with E-state index in [-0.39, 0.29) is 12.8 Å². The summed E-state index contributed by atoms with van der Waals surface area (Å²) in [5.74, 6) is 0. The van der Waals surface area contributed by atoms with E-state index in [1.165, 1.54) is 11.3 Å². The van der Waals surface area contributed by atoms with Crippen molar-refractivity contribution in [2.24, 2.45) is 0 Å². The maximum absolute atomic E-state index is 8.52. The van der Waals surface area contributed by atoms with Crippen LogP contribution in [0.15, 0.2) is 0 Å². The Morgan fingerprint density at radius 1 is 1.00 bits per heavy atom. The van der Waals surface area contributed by atoms with Crippen molar-refractivity contribution in [1.82, 2.24) is 0 Å². The molecule has 0 aliphatic carbocycles. The van der Waals surface area contributed by atoms with Gasteiger partial charge >= 0.3 is 0 Å². The minimum absolute atomic E-state index is 0.207. The van der Waals surface area contributed by atoms with E-state index >= 15 is 0 Å². The van der Waals surface area contributed by atoms with Gasteiger partial charge in [0.05, 0.1) is 33.7 Å². The van der Waals surface area contributed by atoms with Crippen molar-refractivity contribution in [3.8, 4) is 12.1 Å². The van der Waals surface area contributed by atoms with Crippen LogP contribution >= 0.6 is 34.5 Å². The maximum atomic E-state index is 8.52. The summed E-state index contributed by atoms with van der Waals surface area (Å²) < 4.78 is 1.02. The van der Waals surface area contributed by atoms with Gasteiger partial charge in [0.15, 0.2) is 0 Å². The molecule has 0 radical (unpaired) electrons. The molecular weight excluding hydrogens is 227 g/mol. The molecule has 0 amide bonds. The maximum Gasteiger partial charge on any atom is 0.0989 e. The Kier molecular flexibility index (Phi) is 3.57. The van der Waals surface area contributed by atoms with Crippen molar-refractivity contribution >= 4 is 34.5 Å². The molecule has 0 saturated heterocycles. The monoisotopic (exact) mass is 230 g/mol. The van der Waals surface area contributed by atoms with Gasteiger partial charge in [-0.1, -0.05) is 23.2 Å². The standard InChI is InChI=1S/C8H4Cl2N2S/c9-7-5(1-3-11)6(2-4-12)8(10)13-7/h1-2H2. The molecule has 1 aromatic heterocycles. The van der Waals surface area contributed by atoms with E-state index in [4.69, 9.17) is 33.7 Å². The molecule has 13 heavy (non-hydrogen) atoms. The van der Waals surface area contributed by atoms with Crippen LogP contribution in [-0.4, -0.2) is 0 Å². The lowest BCUT2D eigenvalue weighted by Gasteiger charge is -1.94. The van der Waals surface area contributed by atoms with Crippen molar-refractivity contribution in [1.29, 1.82) is 10.5 Å². The zero-order valence-corrected chi connectivity index (χ0v) is 8.80. The minimum Gasteiger partial charge on any atom is -0.198 e. The smallest absolute Gasteiger partial charge is 0.0989 e. The topological polar surface area (TPSA) is 47.6 Å². The van der Waals surface area contributed by atoms with E-state index in [0.717, 1.165) is 0 Å². The Bertz CT molecular complexity index is 361. The fourth-order valence-corrected chi connectivity index (χ4v) is 2.69. The van der Waals surface area contributed by atoms with E-state index in [2.05, 4.69) is 0 Å². The molecule has 0 unspecified atom stereocenters. The van der Waals surface area contributed by atoms with E-state index in [1.807, 2.05) is 12.1 Å². The van der Waals surface area contributed by atoms with E-state index < -0.39 is 0 Å². The van der Waals surface area contributed by atoms with Gasteiger partial charge in [-0.15, -0.1) is 11.3 Å². The Hall–Kier alpha value is -0.740. The number of thiophene rings is 1. The van der Waals surface area contributed by atoms with Crippen LogP contribution in [0.1, 0.15) is 11.1 Å². The molecule has 0 aromatic carbocycles. The number of rotatable bonds is 2. The fourth-order valence-electron chi connectivity index (χ4n) is 0.950. The number of hydrogen-bond acceptors (Lipinski definition) is 3. The minimum atomic E-state index is 0.207. The lowest BCUT2D eigenvalue weighted by molar-refractivity contribution is 1.18. The summed E-state index contributed by atoms with van der Waals surface area (Å²) in [7, 11) is 0. The van der Waals surface area contributed by atoms with Crippen LogP contribution in [0.2, 0.25) is 8.67 Å². The van der Waals surface area contributed by atoms with Gasteiger partial charge in [0.1, 0.15) is 0 Å². The molecule has 1 rings (SSSR count). The highest BCUT2D eigenvalue weighted by Crippen LogP contribution is 2.36. The Morgan fingerprint density at radius 3 is 1.69 bits per heavy atom. The largest absolute Gasteiger partial charge is 0.198 e. The first-order chi connectivity index (χ1) is 6.20. The first-order valence-electron chi connectivity index (χ1n) is 3.40. The van der Waals surface area contributed by atoms with Crippen molar-refractivity contribution < 1.29 is 0 Å². The van der Waals surface area contributed by atoms with Crippen LogP contribution in [0.25, 0.3) is 0 Å². The first-order valence-corrected chi connectivity index (χ1v) is 4.97. The van der Waals surface area contributed by atoms with Crippen LogP contribution < -0.4 is 0 Å². The Balaban J connectivity index is 3.16. The molecule has 1 heterocycles. The molecule has 0 saturated carbocycles. The molecule has 0 atom stereocenters. The van der Waals surface area contributed by atoms with Gasteiger partial charge in [-0.05, 0) is 0 Å². The molecule has 0 fully saturated rings. The van der Waals surface area contributed by atoms with Crippen LogP contribution in [0.3, 0.4) is 0 Å². The number of hydrogen-bond donors (Lipinski definition) is 0. The SMILES string of the molecule is N#CCc1c(Cl)sc(Cl)c1CC#N. The normalized spacial score (nSPS) is 9.23. The van der Waals surface area contributed by atoms with Crippen molar-refractivity contribution in [2.45, 2.75) is 12.8 Å². The Labute approximate surface area is 89.9 Å². The van der Waals surface area contributed by atoms with E-state index in [0.29, 0.717) is 19.8 Å². The fraction of sp³-hybridized carbons (Fsp3) is 0.250. The molecule has 2 nitrogen and oxygen atoms in total. The highest BCUT2D eigenvalue weighted by atomic mass is 35.5. The molecule has 0 spiro atoms. The number of nitrogens with zero attached hydrogens (tertiary/aromatic N) is 2. The first kappa shape index (κ1) is 10.3. The molecule has 0 bridgehead atoms.